The van der Waals surface area contributed by atoms with Gasteiger partial charge in [0.25, 0.3) is 5.91 Å². The van der Waals surface area contributed by atoms with Crippen molar-refractivity contribution in [3.05, 3.63) is 41.5 Å². The first-order valence-corrected chi connectivity index (χ1v) is 8.78. The molecule has 1 atom stereocenters. The molecule has 1 aliphatic rings. The number of ether oxygens (including phenoxy) is 4. The molecule has 3 rings (SSSR count). The summed E-state index contributed by atoms with van der Waals surface area (Å²) in [6.07, 6.45) is 0. The number of amides is 1. The van der Waals surface area contributed by atoms with Gasteiger partial charge in [0, 0.05) is 24.6 Å². The van der Waals surface area contributed by atoms with Gasteiger partial charge in [-0.05, 0) is 24.6 Å². The molecule has 1 heterocycles. The Balaban J connectivity index is 2.06. The summed E-state index contributed by atoms with van der Waals surface area (Å²) in [5.74, 6) is -0.173. The first-order chi connectivity index (χ1) is 13.8. The number of carbonyl (C=O) groups excluding carboxylic acids is 3. The van der Waals surface area contributed by atoms with Crippen LogP contribution in [-0.2, 0) is 14.4 Å². The van der Waals surface area contributed by atoms with Crippen LogP contribution in [0.5, 0.6) is 23.0 Å². The molecule has 0 saturated carbocycles. The number of methoxy groups -OCH3 is 3. The van der Waals surface area contributed by atoms with Crippen molar-refractivity contribution < 1.29 is 33.3 Å². The fourth-order valence-corrected chi connectivity index (χ4v) is 3.28. The van der Waals surface area contributed by atoms with Crippen LogP contribution in [0.4, 0.5) is 5.69 Å². The Morgan fingerprint density at radius 2 is 1.48 bits per heavy atom. The molecule has 1 fully saturated rings. The van der Waals surface area contributed by atoms with Gasteiger partial charge in [0.1, 0.15) is 17.5 Å². The number of rotatable bonds is 6. The second-order valence-corrected chi connectivity index (χ2v) is 6.42. The van der Waals surface area contributed by atoms with Crippen LogP contribution in [0.3, 0.4) is 0 Å². The minimum atomic E-state index is -0.861. The molecule has 29 heavy (non-hydrogen) atoms. The summed E-state index contributed by atoms with van der Waals surface area (Å²) in [5.41, 5.74) is 1.73. The van der Waals surface area contributed by atoms with Crippen molar-refractivity contribution in [3.63, 3.8) is 0 Å². The van der Waals surface area contributed by atoms with Crippen molar-refractivity contribution in [3.8, 4) is 23.0 Å². The lowest BCUT2D eigenvalue weighted by Crippen LogP contribution is -2.56. The molecule has 152 valence electrons. The van der Waals surface area contributed by atoms with Crippen molar-refractivity contribution in [2.75, 3.05) is 26.2 Å². The van der Waals surface area contributed by atoms with Crippen LogP contribution >= 0.6 is 0 Å². The van der Waals surface area contributed by atoms with Gasteiger partial charge in [-0.15, -0.1) is 0 Å². The Morgan fingerprint density at radius 3 is 2.00 bits per heavy atom. The molecule has 0 aromatic heterocycles. The molecule has 1 aliphatic heterocycles. The van der Waals surface area contributed by atoms with E-state index < -0.39 is 23.7 Å². The highest BCUT2D eigenvalue weighted by molar-refractivity contribution is 6.51. The number of anilines is 1. The molecular weight excluding hydrogens is 378 g/mol. The van der Waals surface area contributed by atoms with Gasteiger partial charge in [-0.1, -0.05) is 6.07 Å². The Bertz CT molecular complexity index is 974. The number of hydrogen-bond acceptors (Lipinski definition) is 7. The van der Waals surface area contributed by atoms with Gasteiger partial charge in [-0.3, -0.25) is 19.3 Å². The Morgan fingerprint density at radius 1 is 0.897 bits per heavy atom. The maximum absolute atomic E-state index is 12.4. The molecule has 8 nitrogen and oxygen atoms in total. The third-order valence-electron chi connectivity index (χ3n) is 4.71. The summed E-state index contributed by atoms with van der Waals surface area (Å²) in [4.78, 5) is 37.6. The van der Waals surface area contributed by atoms with Crippen LogP contribution in [0.25, 0.3) is 0 Å². The van der Waals surface area contributed by atoms with E-state index in [1.54, 1.807) is 24.3 Å². The summed E-state index contributed by atoms with van der Waals surface area (Å²) >= 11 is 0. The summed E-state index contributed by atoms with van der Waals surface area (Å²) in [5, 5.41) is 0. The van der Waals surface area contributed by atoms with E-state index in [0.717, 1.165) is 5.56 Å². The van der Waals surface area contributed by atoms with Crippen molar-refractivity contribution in [1.82, 2.24) is 0 Å². The number of carbonyl (C=O) groups is 3. The molecule has 1 saturated heterocycles. The van der Waals surface area contributed by atoms with Crippen molar-refractivity contribution in [2.45, 2.75) is 19.9 Å². The van der Waals surface area contributed by atoms with Gasteiger partial charge in [0.05, 0.1) is 27.0 Å². The maximum Gasteiger partial charge on any atom is 0.308 e. The topological polar surface area (TPSA) is 91.4 Å². The zero-order valence-corrected chi connectivity index (χ0v) is 16.8. The fourth-order valence-electron chi connectivity index (χ4n) is 3.28. The monoisotopic (exact) mass is 399 g/mol. The van der Waals surface area contributed by atoms with E-state index >= 15 is 0 Å². The van der Waals surface area contributed by atoms with Crippen LogP contribution < -0.4 is 23.8 Å². The van der Waals surface area contributed by atoms with Gasteiger partial charge in [0.2, 0.25) is 5.78 Å². The summed E-state index contributed by atoms with van der Waals surface area (Å²) in [6.45, 7) is 3.10. The second kappa shape index (κ2) is 7.83. The Labute approximate surface area is 167 Å². The zero-order valence-electron chi connectivity index (χ0n) is 16.8. The minimum absolute atomic E-state index is 0.170. The van der Waals surface area contributed by atoms with Gasteiger partial charge in [-0.2, -0.15) is 0 Å². The zero-order chi connectivity index (χ0) is 21.3. The summed E-state index contributed by atoms with van der Waals surface area (Å²) < 4.78 is 21.1. The highest BCUT2D eigenvalue weighted by Crippen LogP contribution is 2.43. The highest BCUT2D eigenvalue weighted by atomic mass is 16.6. The Hall–Kier alpha value is -3.55. The molecule has 0 N–H and O–H groups in total. The van der Waals surface area contributed by atoms with Crippen LogP contribution in [0.15, 0.2) is 30.3 Å². The lowest BCUT2D eigenvalue weighted by atomic mass is 9.91. The molecule has 1 amide bonds. The maximum atomic E-state index is 12.4. The SMILES string of the molecule is COc1ccc([C@H]2C(=O)C(=O)N2c2cc(OC)c(C)c(OC)c2)cc1OC(C)=O. The van der Waals surface area contributed by atoms with E-state index in [9.17, 15) is 14.4 Å². The van der Waals surface area contributed by atoms with Crippen molar-refractivity contribution in [2.24, 2.45) is 0 Å². The van der Waals surface area contributed by atoms with Crippen LogP contribution in [0.1, 0.15) is 24.1 Å². The predicted octanol–water partition coefficient (Wildman–Crippen LogP) is 2.60. The van der Waals surface area contributed by atoms with E-state index in [4.69, 9.17) is 18.9 Å². The number of esters is 1. The fraction of sp³-hybridized carbons (Fsp3) is 0.286. The number of β-lactam (4-membered cyclic amide) rings is 1. The van der Waals surface area contributed by atoms with Gasteiger partial charge in [-0.25, -0.2) is 0 Å². The second-order valence-electron chi connectivity index (χ2n) is 6.42. The number of nitrogens with zero attached hydrogens (tertiary/aromatic N) is 1. The number of ketones is 1. The molecule has 0 unspecified atom stereocenters. The lowest BCUT2D eigenvalue weighted by Gasteiger charge is -2.39. The van der Waals surface area contributed by atoms with Crippen molar-refractivity contribution in [1.29, 1.82) is 0 Å². The van der Waals surface area contributed by atoms with Crippen LogP contribution in [-0.4, -0.2) is 39.0 Å². The van der Waals surface area contributed by atoms with Gasteiger partial charge < -0.3 is 18.9 Å². The standard InChI is InChI=1S/C21H21NO7/c1-11-16(27-4)9-14(10-17(11)28-5)22-19(20(24)21(22)25)13-6-7-15(26-3)18(8-13)29-12(2)23/h6-10,19H,1-5H3/t19-/m0/s1. The lowest BCUT2D eigenvalue weighted by molar-refractivity contribution is -0.143. The van der Waals surface area contributed by atoms with Crippen LogP contribution in [0.2, 0.25) is 0 Å². The molecular formula is C21H21NO7. The van der Waals surface area contributed by atoms with E-state index in [2.05, 4.69) is 0 Å². The third kappa shape index (κ3) is 3.49. The Kier molecular flexibility index (Phi) is 5.45. The molecule has 2 aromatic carbocycles. The summed E-state index contributed by atoms with van der Waals surface area (Å²) in [7, 11) is 4.47. The van der Waals surface area contributed by atoms with Crippen LogP contribution in [0, 0.1) is 6.92 Å². The molecule has 0 radical (unpaired) electrons. The first-order valence-electron chi connectivity index (χ1n) is 8.78. The van der Waals surface area contributed by atoms with E-state index in [1.165, 1.54) is 39.2 Å². The van der Waals surface area contributed by atoms with E-state index in [1.807, 2.05) is 6.92 Å². The minimum Gasteiger partial charge on any atom is -0.496 e. The number of Topliss-reactive ketones (excluding diaryl/α,β-unsaturated/α-hetero) is 1. The van der Waals surface area contributed by atoms with E-state index in [-0.39, 0.29) is 5.75 Å². The average Bonchev–Trinajstić information content (AvgIpc) is 2.71. The number of hydrogen-bond donors (Lipinski definition) is 0. The molecule has 0 bridgehead atoms. The highest BCUT2D eigenvalue weighted by Gasteiger charge is 2.48. The molecule has 0 spiro atoms. The van der Waals surface area contributed by atoms with Crippen molar-refractivity contribution >= 4 is 23.3 Å². The van der Waals surface area contributed by atoms with Gasteiger partial charge in [0.15, 0.2) is 11.5 Å². The molecule has 2 aromatic rings. The smallest absolute Gasteiger partial charge is 0.308 e. The van der Waals surface area contributed by atoms with Gasteiger partial charge >= 0.3 is 5.97 Å². The molecule has 0 aliphatic carbocycles. The van der Waals surface area contributed by atoms with E-state index in [0.29, 0.717) is 28.5 Å². The predicted molar refractivity (Wildman–Crippen MR) is 104 cm³/mol. The molecule has 8 heteroatoms. The normalized spacial score (nSPS) is 15.6. The third-order valence-corrected chi connectivity index (χ3v) is 4.71. The number of benzene rings is 2. The average molecular weight is 399 g/mol. The quantitative estimate of drug-likeness (QED) is 0.319. The largest absolute Gasteiger partial charge is 0.496 e. The summed E-state index contributed by atoms with van der Waals surface area (Å²) in [6, 6.07) is 7.23. The first kappa shape index (κ1) is 20.2.